The molecular weight excluding hydrogens is 242 g/mol. The molecule has 0 aliphatic heterocycles. The van der Waals surface area contributed by atoms with E-state index in [0.29, 0.717) is 11.7 Å². The Morgan fingerprint density at radius 2 is 2.05 bits per heavy atom. The quantitative estimate of drug-likeness (QED) is 0.907. The standard InChI is InChI=1S/C15H15NO3/c1-10(2)11-4-3-5-13(8-11)19-14-9-12(15(17)18)6-7-16-14/h3-10H,1-2H3,(H,17,18). The molecule has 4 heteroatoms. The fraction of sp³-hybridized carbons (Fsp3) is 0.200. The van der Waals surface area contributed by atoms with Crippen LogP contribution in [0.2, 0.25) is 0 Å². The summed E-state index contributed by atoms with van der Waals surface area (Å²) in [4.78, 5) is 14.9. The number of rotatable bonds is 4. The number of carbonyl (C=O) groups is 1. The molecule has 1 N–H and O–H groups in total. The highest BCUT2D eigenvalue weighted by molar-refractivity contribution is 5.87. The molecule has 0 amide bonds. The lowest BCUT2D eigenvalue weighted by molar-refractivity contribution is 0.0696. The highest BCUT2D eigenvalue weighted by Gasteiger charge is 2.07. The molecule has 4 nitrogen and oxygen atoms in total. The van der Waals surface area contributed by atoms with Crippen LogP contribution in [-0.4, -0.2) is 16.1 Å². The molecule has 0 saturated carbocycles. The van der Waals surface area contributed by atoms with E-state index in [0.717, 1.165) is 5.56 Å². The number of carboxylic acids is 1. The van der Waals surface area contributed by atoms with E-state index in [4.69, 9.17) is 9.84 Å². The van der Waals surface area contributed by atoms with E-state index in [-0.39, 0.29) is 11.4 Å². The Kier molecular flexibility index (Phi) is 3.80. The first kappa shape index (κ1) is 13.1. The molecule has 19 heavy (non-hydrogen) atoms. The fourth-order valence-corrected chi connectivity index (χ4v) is 1.66. The number of carboxylic acid groups (broad SMARTS) is 1. The van der Waals surface area contributed by atoms with E-state index >= 15 is 0 Å². The van der Waals surface area contributed by atoms with Crippen molar-refractivity contribution >= 4 is 5.97 Å². The third-order valence-electron chi connectivity index (χ3n) is 2.73. The Bertz CT molecular complexity index is 593. The number of hydrogen-bond donors (Lipinski definition) is 1. The van der Waals surface area contributed by atoms with E-state index in [1.54, 1.807) is 0 Å². The first-order valence-electron chi connectivity index (χ1n) is 6.03. The van der Waals surface area contributed by atoms with Crippen LogP contribution >= 0.6 is 0 Å². The summed E-state index contributed by atoms with van der Waals surface area (Å²) >= 11 is 0. The van der Waals surface area contributed by atoms with Gasteiger partial charge in [-0.3, -0.25) is 0 Å². The molecule has 0 bridgehead atoms. The lowest BCUT2D eigenvalue weighted by Gasteiger charge is -2.09. The van der Waals surface area contributed by atoms with Crippen LogP contribution in [0.4, 0.5) is 0 Å². The molecule has 98 valence electrons. The van der Waals surface area contributed by atoms with Crippen LogP contribution in [0.25, 0.3) is 0 Å². The van der Waals surface area contributed by atoms with Crippen molar-refractivity contribution in [2.24, 2.45) is 0 Å². The molecule has 0 spiro atoms. The van der Waals surface area contributed by atoms with Crippen LogP contribution in [0.1, 0.15) is 35.7 Å². The maximum Gasteiger partial charge on any atom is 0.335 e. The zero-order valence-electron chi connectivity index (χ0n) is 10.8. The van der Waals surface area contributed by atoms with Crippen LogP contribution in [-0.2, 0) is 0 Å². The van der Waals surface area contributed by atoms with Crippen molar-refractivity contribution in [3.63, 3.8) is 0 Å². The van der Waals surface area contributed by atoms with E-state index in [1.807, 2.05) is 24.3 Å². The van der Waals surface area contributed by atoms with E-state index in [2.05, 4.69) is 18.8 Å². The van der Waals surface area contributed by atoms with Crippen molar-refractivity contribution in [2.75, 3.05) is 0 Å². The molecule has 2 rings (SSSR count). The molecule has 1 heterocycles. The first-order valence-corrected chi connectivity index (χ1v) is 6.03. The van der Waals surface area contributed by atoms with Crippen LogP contribution in [0.3, 0.4) is 0 Å². The molecule has 0 aliphatic carbocycles. The average molecular weight is 257 g/mol. The minimum absolute atomic E-state index is 0.157. The van der Waals surface area contributed by atoms with Crippen molar-refractivity contribution in [3.05, 3.63) is 53.7 Å². The third-order valence-corrected chi connectivity index (χ3v) is 2.73. The average Bonchev–Trinajstić information content (AvgIpc) is 2.39. The number of hydrogen-bond acceptors (Lipinski definition) is 3. The predicted molar refractivity (Wildman–Crippen MR) is 71.8 cm³/mol. The maximum absolute atomic E-state index is 10.9. The molecule has 2 aromatic rings. The number of aromatic nitrogens is 1. The van der Waals surface area contributed by atoms with Crippen molar-refractivity contribution in [1.82, 2.24) is 4.98 Å². The van der Waals surface area contributed by atoms with Gasteiger partial charge in [0.25, 0.3) is 0 Å². The topological polar surface area (TPSA) is 59.4 Å². The van der Waals surface area contributed by atoms with Crippen LogP contribution in [0, 0.1) is 0 Å². The smallest absolute Gasteiger partial charge is 0.335 e. The van der Waals surface area contributed by atoms with Gasteiger partial charge in [0, 0.05) is 12.3 Å². The Hall–Kier alpha value is -2.36. The second-order valence-electron chi connectivity index (χ2n) is 4.52. The van der Waals surface area contributed by atoms with Gasteiger partial charge in [0.05, 0.1) is 5.56 Å². The van der Waals surface area contributed by atoms with Crippen LogP contribution in [0.5, 0.6) is 11.6 Å². The van der Waals surface area contributed by atoms with Gasteiger partial charge in [-0.15, -0.1) is 0 Å². The fourth-order valence-electron chi connectivity index (χ4n) is 1.66. The summed E-state index contributed by atoms with van der Waals surface area (Å²) < 4.78 is 5.59. The minimum atomic E-state index is -0.997. The summed E-state index contributed by atoms with van der Waals surface area (Å²) in [6.07, 6.45) is 1.42. The minimum Gasteiger partial charge on any atom is -0.478 e. The van der Waals surface area contributed by atoms with Gasteiger partial charge < -0.3 is 9.84 Å². The number of ether oxygens (including phenoxy) is 1. The van der Waals surface area contributed by atoms with Gasteiger partial charge in [0.15, 0.2) is 0 Å². The molecule has 0 aliphatic rings. The highest BCUT2D eigenvalue weighted by atomic mass is 16.5. The van der Waals surface area contributed by atoms with Gasteiger partial charge in [-0.05, 0) is 29.7 Å². The van der Waals surface area contributed by atoms with Crippen molar-refractivity contribution in [1.29, 1.82) is 0 Å². The molecule has 0 saturated heterocycles. The van der Waals surface area contributed by atoms with Gasteiger partial charge in [0.1, 0.15) is 5.75 Å². The van der Waals surface area contributed by atoms with Crippen molar-refractivity contribution in [2.45, 2.75) is 19.8 Å². The van der Waals surface area contributed by atoms with E-state index in [9.17, 15) is 4.79 Å². The number of nitrogens with zero attached hydrogens (tertiary/aromatic N) is 1. The predicted octanol–water partition coefficient (Wildman–Crippen LogP) is 3.70. The van der Waals surface area contributed by atoms with Crippen LogP contribution in [0.15, 0.2) is 42.6 Å². The first-order chi connectivity index (χ1) is 9.06. The summed E-state index contributed by atoms with van der Waals surface area (Å²) in [6.45, 7) is 4.20. The third kappa shape index (κ3) is 3.31. The SMILES string of the molecule is CC(C)c1cccc(Oc2cc(C(=O)O)ccn2)c1. The molecule has 0 radical (unpaired) electrons. The molecule has 0 atom stereocenters. The van der Waals surface area contributed by atoms with E-state index in [1.165, 1.54) is 18.3 Å². The highest BCUT2D eigenvalue weighted by Crippen LogP contribution is 2.24. The van der Waals surface area contributed by atoms with Crippen molar-refractivity contribution in [3.8, 4) is 11.6 Å². The van der Waals surface area contributed by atoms with Crippen LogP contribution < -0.4 is 4.74 Å². The number of pyridine rings is 1. The summed E-state index contributed by atoms with van der Waals surface area (Å²) in [5.41, 5.74) is 1.32. The van der Waals surface area contributed by atoms with E-state index < -0.39 is 5.97 Å². The Morgan fingerprint density at radius 1 is 1.26 bits per heavy atom. The number of aromatic carboxylic acids is 1. The Balaban J connectivity index is 2.23. The summed E-state index contributed by atoms with van der Waals surface area (Å²) in [7, 11) is 0. The molecule has 0 fully saturated rings. The second kappa shape index (κ2) is 5.52. The monoisotopic (exact) mass is 257 g/mol. The summed E-state index contributed by atoms with van der Waals surface area (Å²) in [5.74, 6) is 0.340. The lowest BCUT2D eigenvalue weighted by atomic mass is 10.0. The zero-order valence-corrected chi connectivity index (χ0v) is 10.8. The second-order valence-corrected chi connectivity index (χ2v) is 4.52. The van der Waals surface area contributed by atoms with Crippen molar-refractivity contribution < 1.29 is 14.6 Å². The largest absolute Gasteiger partial charge is 0.478 e. The van der Waals surface area contributed by atoms with Gasteiger partial charge >= 0.3 is 5.97 Å². The molecule has 1 aromatic carbocycles. The molecular formula is C15H15NO3. The summed E-state index contributed by atoms with van der Waals surface area (Å²) in [6, 6.07) is 10.5. The molecule has 0 unspecified atom stereocenters. The lowest BCUT2D eigenvalue weighted by Crippen LogP contribution is -1.98. The Labute approximate surface area is 111 Å². The summed E-state index contributed by atoms with van der Waals surface area (Å²) in [5, 5.41) is 8.91. The number of benzene rings is 1. The molecule has 1 aromatic heterocycles. The van der Waals surface area contributed by atoms with Gasteiger partial charge in [-0.2, -0.15) is 0 Å². The Morgan fingerprint density at radius 3 is 2.74 bits per heavy atom. The normalized spacial score (nSPS) is 10.5. The van der Waals surface area contributed by atoms with Gasteiger partial charge in [-0.1, -0.05) is 26.0 Å². The zero-order chi connectivity index (χ0) is 13.8. The van der Waals surface area contributed by atoms with Gasteiger partial charge in [-0.25, -0.2) is 9.78 Å². The maximum atomic E-state index is 10.9. The van der Waals surface area contributed by atoms with Gasteiger partial charge in [0.2, 0.25) is 5.88 Å².